The number of rotatable bonds is 5. The van der Waals surface area contributed by atoms with Gasteiger partial charge in [0, 0.05) is 17.7 Å². The Morgan fingerprint density at radius 3 is 2.52 bits per heavy atom. The summed E-state index contributed by atoms with van der Waals surface area (Å²) in [5, 5.41) is 1.76. The minimum atomic E-state index is -0.875. The number of hydrogen-bond donors (Lipinski definition) is 0. The molecule has 2 aliphatic rings. The molecule has 40 heavy (non-hydrogen) atoms. The molecule has 0 radical (unpaired) electrons. The fourth-order valence-electron chi connectivity index (χ4n) is 5.66. The van der Waals surface area contributed by atoms with E-state index in [1.807, 2.05) is 67.6 Å². The van der Waals surface area contributed by atoms with Crippen molar-refractivity contribution >= 4 is 45.2 Å². The molecule has 1 atom stereocenters. The normalized spacial score (nSPS) is 17.6. The first kappa shape index (κ1) is 25.8. The Balaban J connectivity index is 1.73. The largest absolute Gasteiger partial charge is 0.496 e. The van der Waals surface area contributed by atoms with Gasteiger partial charge in [-0.15, -0.1) is 0 Å². The van der Waals surface area contributed by atoms with Crippen molar-refractivity contribution in [2.75, 3.05) is 25.2 Å². The average molecular weight is 554 g/mol. The molecule has 0 saturated carbocycles. The molecule has 0 aliphatic carbocycles. The summed E-state index contributed by atoms with van der Waals surface area (Å²) in [6, 6.07) is 18.1. The third-order valence-electron chi connectivity index (χ3n) is 7.38. The van der Waals surface area contributed by atoms with Crippen molar-refractivity contribution in [1.29, 1.82) is 0 Å². The van der Waals surface area contributed by atoms with Crippen molar-refractivity contribution in [3.63, 3.8) is 0 Å². The molecule has 0 fully saturated rings. The van der Waals surface area contributed by atoms with E-state index in [-0.39, 0.29) is 22.6 Å². The molecule has 1 aromatic heterocycles. The first-order chi connectivity index (χ1) is 19.4. The number of likely N-dealkylation sites (N-methyl/N-ethyl adjacent to an activating group) is 1. The Kier molecular flexibility index (Phi) is 6.38. The second kappa shape index (κ2) is 9.91. The van der Waals surface area contributed by atoms with Gasteiger partial charge < -0.3 is 14.4 Å². The van der Waals surface area contributed by atoms with Crippen molar-refractivity contribution < 1.29 is 19.1 Å². The second-order valence-corrected chi connectivity index (χ2v) is 10.4. The van der Waals surface area contributed by atoms with Crippen LogP contribution in [-0.2, 0) is 14.3 Å². The van der Waals surface area contributed by atoms with Gasteiger partial charge >= 0.3 is 5.97 Å². The quantitative estimate of drug-likeness (QED) is 0.352. The zero-order valence-corrected chi connectivity index (χ0v) is 23.4. The summed E-state index contributed by atoms with van der Waals surface area (Å²) in [6.45, 7) is 6.02. The van der Waals surface area contributed by atoms with E-state index in [9.17, 15) is 14.4 Å². The number of amides is 1. The van der Waals surface area contributed by atoms with E-state index in [0.29, 0.717) is 39.5 Å². The maximum Gasteiger partial charge on any atom is 0.338 e. The van der Waals surface area contributed by atoms with Gasteiger partial charge in [0.25, 0.3) is 11.5 Å². The zero-order valence-electron chi connectivity index (χ0n) is 22.6. The van der Waals surface area contributed by atoms with Crippen LogP contribution < -0.4 is 24.5 Å². The highest BCUT2D eigenvalue weighted by atomic mass is 32.1. The number of carbonyl (C=O) groups is 2. The van der Waals surface area contributed by atoms with Gasteiger partial charge in [0.15, 0.2) is 4.80 Å². The summed E-state index contributed by atoms with van der Waals surface area (Å²) in [6.07, 6.45) is 0. The number of ether oxygens (including phenoxy) is 2. The van der Waals surface area contributed by atoms with Crippen LogP contribution in [0.3, 0.4) is 0 Å². The first-order valence-corrected chi connectivity index (χ1v) is 13.9. The van der Waals surface area contributed by atoms with Crippen LogP contribution in [0.15, 0.2) is 81.7 Å². The number of hydrogen-bond acceptors (Lipinski definition) is 7. The summed E-state index contributed by atoms with van der Waals surface area (Å²) in [5.41, 5.74) is 2.80. The lowest BCUT2D eigenvalue weighted by Gasteiger charge is -2.27. The highest BCUT2D eigenvalue weighted by Crippen LogP contribution is 2.40. The van der Waals surface area contributed by atoms with E-state index in [1.165, 1.54) is 4.57 Å². The molecule has 202 valence electrons. The minimum absolute atomic E-state index is 0.168. The Bertz CT molecular complexity index is 1930. The highest BCUT2D eigenvalue weighted by molar-refractivity contribution is 7.07. The smallest absolute Gasteiger partial charge is 0.338 e. The van der Waals surface area contributed by atoms with Crippen LogP contribution in [0.5, 0.6) is 5.75 Å². The minimum Gasteiger partial charge on any atom is -0.496 e. The lowest BCUT2D eigenvalue weighted by atomic mass is 9.90. The van der Waals surface area contributed by atoms with Crippen molar-refractivity contribution in [2.24, 2.45) is 4.99 Å². The van der Waals surface area contributed by atoms with Gasteiger partial charge in [0.05, 0.1) is 36.2 Å². The molecule has 8 nitrogen and oxygen atoms in total. The van der Waals surface area contributed by atoms with Gasteiger partial charge in [0.1, 0.15) is 16.3 Å². The Labute approximate surface area is 234 Å². The predicted molar refractivity (Wildman–Crippen MR) is 154 cm³/mol. The third-order valence-corrected chi connectivity index (χ3v) is 8.44. The Morgan fingerprint density at radius 2 is 1.77 bits per heavy atom. The molecule has 6 rings (SSSR count). The Morgan fingerprint density at radius 1 is 1.02 bits per heavy atom. The molecular weight excluding hydrogens is 526 g/mol. The van der Waals surface area contributed by atoms with Crippen LogP contribution in [0.25, 0.3) is 16.3 Å². The highest BCUT2D eigenvalue weighted by Gasteiger charge is 2.38. The third kappa shape index (κ3) is 3.72. The summed E-state index contributed by atoms with van der Waals surface area (Å²) in [5.74, 6) is -0.256. The van der Waals surface area contributed by atoms with E-state index in [0.717, 1.165) is 27.8 Å². The predicted octanol–water partition coefficient (Wildman–Crippen LogP) is 3.70. The lowest BCUT2D eigenvalue weighted by Crippen LogP contribution is -2.41. The van der Waals surface area contributed by atoms with Crippen LogP contribution in [0.2, 0.25) is 0 Å². The SMILES string of the molecule is CCOC(=O)C1=C(C)N=c2s/c(=C3/C(=O)N(CC)c4ccccc43)c(=O)n2[C@@H]1c1c(OC)ccc2ccccc12. The van der Waals surface area contributed by atoms with E-state index in [4.69, 9.17) is 14.5 Å². The number of esters is 1. The van der Waals surface area contributed by atoms with Gasteiger partial charge in [-0.2, -0.15) is 0 Å². The number of nitrogens with zero attached hydrogens (tertiary/aromatic N) is 3. The topological polar surface area (TPSA) is 90.2 Å². The van der Waals surface area contributed by atoms with Crippen LogP contribution in [0, 0.1) is 0 Å². The van der Waals surface area contributed by atoms with E-state index < -0.39 is 17.6 Å². The fourth-order valence-corrected chi connectivity index (χ4v) is 6.80. The monoisotopic (exact) mass is 553 g/mol. The molecular formula is C31H27N3O5S. The van der Waals surface area contributed by atoms with Gasteiger partial charge in [-0.1, -0.05) is 59.9 Å². The van der Waals surface area contributed by atoms with Crippen molar-refractivity contribution in [1.82, 2.24) is 4.57 Å². The summed E-state index contributed by atoms with van der Waals surface area (Å²) < 4.78 is 13.1. The molecule has 0 N–H and O–H groups in total. The number of allylic oxidation sites excluding steroid dienone is 1. The summed E-state index contributed by atoms with van der Waals surface area (Å²) >= 11 is 1.16. The average Bonchev–Trinajstić information content (AvgIpc) is 3.43. The van der Waals surface area contributed by atoms with Crippen molar-refractivity contribution in [3.05, 3.63) is 103 Å². The number of fused-ring (bicyclic) bond motifs is 3. The molecule has 0 spiro atoms. The zero-order chi connectivity index (χ0) is 28.1. The maximum atomic E-state index is 14.4. The van der Waals surface area contributed by atoms with Crippen molar-refractivity contribution in [2.45, 2.75) is 26.8 Å². The summed E-state index contributed by atoms with van der Waals surface area (Å²) in [7, 11) is 1.56. The second-order valence-electron chi connectivity index (χ2n) is 9.47. The maximum absolute atomic E-state index is 14.4. The number of thiazole rings is 1. The Hall–Kier alpha value is -4.50. The molecule has 3 aromatic carbocycles. The number of anilines is 1. The molecule has 1 amide bonds. The number of aromatic nitrogens is 1. The van der Waals surface area contributed by atoms with Gasteiger partial charge in [-0.25, -0.2) is 9.79 Å². The van der Waals surface area contributed by atoms with E-state index in [1.54, 1.807) is 25.9 Å². The molecule has 9 heteroatoms. The van der Waals surface area contributed by atoms with E-state index >= 15 is 0 Å². The number of para-hydroxylation sites is 1. The van der Waals surface area contributed by atoms with E-state index in [2.05, 4.69) is 0 Å². The molecule has 0 saturated heterocycles. The van der Waals surface area contributed by atoms with Crippen LogP contribution in [0.4, 0.5) is 5.69 Å². The summed E-state index contributed by atoms with van der Waals surface area (Å²) in [4.78, 5) is 48.2. The van der Waals surface area contributed by atoms with Crippen LogP contribution in [-0.4, -0.2) is 36.7 Å². The number of carbonyl (C=O) groups excluding carboxylic acids is 2. The number of benzene rings is 3. The number of methoxy groups -OCH3 is 1. The first-order valence-electron chi connectivity index (χ1n) is 13.1. The molecule has 4 aromatic rings. The molecule has 3 heterocycles. The van der Waals surface area contributed by atoms with Gasteiger partial charge in [-0.05, 0) is 43.7 Å². The van der Waals surface area contributed by atoms with Crippen LogP contribution in [0.1, 0.15) is 37.9 Å². The molecule has 0 unspecified atom stereocenters. The fraction of sp³-hybridized carbons (Fsp3) is 0.226. The molecule has 2 aliphatic heterocycles. The lowest BCUT2D eigenvalue weighted by molar-refractivity contribution is -0.139. The molecule has 0 bridgehead atoms. The standard InChI is InChI=1S/C31H27N3O5S/c1-5-33-21-14-10-9-13-20(21)25(28(33)35)27-29(36)34-26(23(30(37)39-6-2)17(3)32-31(34)40-27)24-19-12-8-7-11-18(19)15-16-22(24)38-4/h7-16,26H,5-6H2,1-4H3/b27-25+/t26-/m0/s1. The van der Waals surface area contributed by atoms with Crippen molar-refractivity contribution in [3.8, 4) is 5.75 Å². The van der Waals surface area contributed by atoms with Gasteiger partial charge in [0.2, 0.25) is 0 Å². The van der Waals surface area contributed by atoms with Crippen LogP contribution >= 0.6 is 11.3 Å². The van der Waals surface area contributed by atoms with Gasteiger partial charge in [-0.3, -0.25) is 14.2 Å².